The van der Waals surface area contributed by atoms with Crippen LogP contribution in [0.4, 0.5) is 15.8 Å². The van der Waals surface area contributed by atoms with Crippen LogP contribution < -0.4 is 4.90 Å². The SMILES string of the molecule is CCC(O)c1ccc(N(C)c2ccccc2F)cn1. The lowest BCUT2D eigenvalue weighted by atomic mass is 10.2. The number of anilines is 2. The van der Waals surface area contributed by atoms with E-state index in [1.165, 1.54) is 6.07 Å². The van der Waals surface area contributed by atoms with Crippen molar-refractivity contribution in [3.05, 3.63) is 54.1 Å². The van der Waals surface area contributed by atoms with Gasteiger partial charge in [0.2, 0.25) is 0 Å². The highest BCUT2D eigenvalue weighted by atomic mass is 19.1. The summed E-state index contributed by atoms with van der Waals surface area (Å²) in [4.78, 5) is 5.94. The molecule has 0 aliphatic rings. The van der Waals surface area contributed by atoms with Crippen molar-refractivity contribution in [2.24, 2.45) is 0 Å². The zero-order valence-electron chi connectivity index (χ0n) is 11.0. The van der Waals surface area contributed by atoms with Crippen molar-refractivity contribution in [3.8, 4) is 0 Å². The van der Waals surface area contributed by atoms with E-state index in [9.17, 15) is 9.50 Å². The van der Waals surface area contributed by atoms with Crippen LogP contribution in [0, 0.1) is 5.82 Å². The summed E-state index contributed by atoms with van der Waals surface area (Å²) in [5.41, 5.74) is 1.90. The molecule has 0 radical (unpaired) electrons. The minimum atomic E-state index is -0.548. The summed E-state index contributed by atoms with van der Waals surface area (Å²) < 4.78 is 13.7. The van der Waals surface area contributed by atoms with E-state index in [1.54, 1.807) is 42.4 Å². The molecular formula is C15H17FN2O. The standard InChI is InChI=1S/C15H17FN2O/c1-3-15(19)13-9-8-11(10-17-13)18(2)14-7-5-4-6-12(14)16/h4-10,15,19H,3H2,1-2H3. The Kier molecular flexibility index (Phi) is 4.12. The molecule has 4 heteroatoms. The maximum atomic E-state index is 13.7. The third kappa shape index (κ3) is 2.90. The number of aliphatic hydroxyl groups is 1. The van der Waals surface area contributed by atoms with Gasteiger partial charge in [-0.15, -0.1) is 0 Å². The van der Waals surface area contributed by atoms with Crippen LogP contribution in [0.3, 0.4) is 0 Å². The second kappa shape index (κ2) is 5.80. The predicted molar refractivity (Wildman–Crippen MR) is 74.0 cm³/mol. The van der Waals surface area contributed by atoms with Gasteiger partial charge in [0.05, 0.1) is 29.4 Å². The summed E-state index contributed by atoms with van der Waals surface area (Å²) >= 11 is 0. The molecule has 2 aromatic rings. The van der Waals surface area contributed by atoms with E-state index < -0.39 is 6.10 Å². The molecule has 0 amide bonds. The summed E-state index contributed by atoms with van der Waals surface area (Å²) in [5, 5.41) is 9.68. The smallest absolute Gasteiger partial charge is 0.146 e. The molecule has 3 nitrogen and oxygen atoms in total. The van der Waals surface area contributed by atoms with Crippen molar-refractivity contribution < 1.29 is 9.50 Å². The molecule has 19 heavy (non-hydrogen) atoms. The molecule has 1 N–H and O–H groups in total. The normalized spacial score (nSPS) is 12.2. The molecule has 1 aromatic carbocycles. The second-order valence-electron chi connectivity index (χ2n) is 4.38. The van der Waals surface area contributed by atoms with Gasteiger partial charge in [-0.25, -0.2) is 4.39 Å². The largest absolute Gasteiger partial charge is 0.387 e. The second-order valence-corrected chi connectivity index (χ2v) is 4.38. The van der Waals surface area contributed by atoms with Crippen LogP contribution in [0.25, 0.3) is 0 Å². The first-order valence-electron chi connectivity index (χ1n) is 6.25. The number of halogens is 1. The van der Waals surface area contributed by atoms with Crippen LogP contribution in [0.15, 0.2) is 42.6 Å². The van der Waals surface area contributed by atoms with E-state index in [2.05, 4.69) is 4.98 Å². The van der Waals surface area contributed by atoms with Crippen molar-refractivity contribution in [1.82, 2.24) is 4.98 Å². The van der Waals surface area contributed by atoms with E-state index in [0.717, 1.165) is 5.69 Å². The molecule has 0 bridgehead atoms. The topological polar surface area (TPSA) is 36.4 Å². The van der Waals surface area contributed by atoms with Crippen LogP contribution in [-0.4, -0.2) is 17.1 Å². The number of nitrogens with zero attached hydrogens (tertiary/aromatic N) is 2. The summed E-state index contributed by atoms with van der Waals surface area (Å²) in [6.07, 6.45) is 1.71. The van der Waals surface area contributed by atoms with Gasteiger partial charge in [-0.2, -0.15) is 0 Å². The Labute approximate surface area is 112 Å². The van der Waals surface area contributed by atoms with E-state index >= 15 is 0 Å². The highest BCUT2D eigenvalue weighted by molar-refractivity contribution is 5.62. The Morgan fingerprint density at radius 3 is 2.58 bits per heavy atom. The summed E-state index contributed by atoms with van der Waals surface area (Å²) in [6.45, 7) is 1.89. The Hall–Kier alpha value is -1.94. The number of aromatic nitrogens is 1. The monoisotopic (exact) mass is 260 g/mol. The Balaban J connectivity index is 2.25. The Morgan fingerprint density at radius 1 is 1.26 bits per heavy atom. The first kappa shape index (κ1) is 13.5. The summed E-state index contributed by atoms with van der Waals surface area (Å²) in [6, 6.07) is 10.2. The first-order valence-corrected chi connectivity index (χ1v) is 6.25. The molecule has 0 spiro atoms. The Morgan fingerprint density at radius 2 is 2.00 bits per heavy atom. The molecule has 0 aliphatic heterocycles. The van der Waals surface area contributed by atoms with Gasteiger partial charge in [-0.3, -0.25) is 4.98 Å². The van der Waals surface area contributed by atoms with Crippen molar-refractivity contribution in [2.45, 2.75) is 19.4 Å². The molecule has 1 unspecified atom stereocenters. The predicted octanol–water partition coefficient (Wildman–Crippen LogP) is 3.43. The van der Waals surface area contributed by atoms with Gasteiger partial charge >= 0.3 is 0 Å². The maximum absolute atomic E-state index is 13.7. The van der Waals surface area contributed by atoms with E-state index in [4.69, 9.17) is 0 Å². The third-order valence-corrected chi connectivity index (χ3v) is 3.10. The van der Waals surface area contributed by atoms with E-state index in [1.807, 2.05) is 13.0 Å². The van der Waals surface area contributed by atoms with Gasteiger partial charge in [-0.1, -0.05) is 19.1 Å². The van der Waals surface area contributed by atoms with Crippen molar-refractivity contribution in [2.75, 3.05) is 11.9 Å². The first-order chi connectivity index (χ1) is 9.13. The van der Waals surface area contributed by atoms with E-state index in [-0.39, 0.29) is 5.82 Å². The zero-order chi connectivity index (χ0) is 13.8. The van der Waals surface area contributed by atoms with Crippen molar-refractivity contribution >= 4 is 11.4 Å². The van der Waals surface area contributed by atoms with Crippen molar-refractivity contribution in [1.29, 1.82) is 0 Å². The number of aliphatic hydroxyl groups excluding tert-OH is 1. The third-order valence-electron chi connectivity index (χ3n) is 3.10. The molecule has 0 saturated carbocycles. The molecule has 1 atom stereocenters. The summed E-state index contributed by atoms with van der Waals surface area (Å²) in [7, 11) is 1.78. The molecule has 1 aromatic heterocycles. The van der Waals surface area contributed by atoms with Crippen LogP contribution in [0.1, 0.15) is 25.1 Å². The fourth-order valence-corrected chi connectivity index (χ4v) is 1.86. The number of rotatable bonds is 4. The minimum absolute atomic E-state index is 0.275. The van der Waals surface area contributed by atoms with Gasteiger partial charge in [-0.05, 0) is 30.7 Å². The summed E-state index contributed by atoms with van der Waals surface area (Å²) in [5.74, 6) is -0.275. The van der Waals surface area contributed by atoms with Crippen LogP contribution >= 0.6 is 0 Å². The van der Waals surface area contributed by atoms with Gasteiger partial charge < -0.3 is 10.0 Å². The molecule has 1 heterocycles. The minimum Gasteiger partial charge on any atom is -0.387 e. The fourth-order valence-electron chi connectivity index (χ4n) is 1.86. The quantitative estimate of drug-likeness (QED) is 0.915. The van der Waals surface area contributed by atoms with Crippen LogP contribution in [-0.2, 0) is 0 Å². The number of hydrogen-bond acceptors (Lipinski definition) is 3. The lowest BCUT2D eigenvalue weighted by molar-refractivity contribution is 0.169. The number of pyridine rings is 1. The number of benzene rings is 1. The highest BCUT2D eigenvalue weighted by Gasteiger charge is 2.11. The Bertz CT molecular complexity index is 542. The molecule has 0 aliphatic carbocycles. The number of para-hydroxylation sites is 1. The van der Waals surface area contributed by atoms with Gasteiger partial charge in [0.25, 0.3) is 0 Å². The molecule has 100 valence electrons. The lowest BCUT2D eigenvalue weighted by Gasteiger charge is -2.20. The maximum Gasteiger partial charge on any atom is 0.146 e. The van der Waals surface area contributed by atoms with E-state index in [0.29, 0.717) is 17.8 Å². The average molecular weight is 260 g/mol. The molecule has 2 rings (SSSR count). The molecule has 0 saturated heterocycles. The van der Waals surface area contributed by atoms with Gasteiger partial charge in [0.1, 0.15) is 5.82 Å². The average Bonchev–Trinajstić information content (AvgIpc) is 2.46. The fraction of sp³-hybridized carbons (Fsp3) is 0.267. The van der Waals surface area contributed by atoms with Crippen LogP contribution in [0.5, 0.6) is 0 Å². The van der Waals surface area contributed by atoms with Crippen LogP contribution in [0.2, 0.25) is 0 Å². The molecular weight excluding hydrogens is 243 g/mol. The zero-order valence-corrected chi connectivity index (χ0v) is 11.0. The lowest BCUT2D eigenvalue weighted by Crippen LogP contribution is -2.12. The molecule has 0 fully saturated rings. The highest BCUT2D eigenvalue weighted by Crippen LogP contribution is 2.26. The van der Waals surface area contributed by atoms with Crippen molar-refractivity contribution in [3.63, 3.8) is 0 Å². The van der Waals surface area contributed by atoms with Gasteiger partial charge in [0.15, 0.2) is 0 Å². The number of hydrogen-bond donors (Lipinski definition) is 1. The van der Waals surface area contributed by atoms with Gasteiger partial charge in [0, 0.05) is 7.05 Å².